The Morgan fingerprint density at radius 3 is 2.90 bits per heavy atom. The van der Waals surface area contributed by atoms with Crippen molar-refractivity contribution < 1.29 is 18.8 Å². The van der Waals surface area contributed by atoms with Gasteiger partial charge in [-0.3, -0.25) is 10.1 Å². The molecule has 0 spiro atoms. The fourth-order valence-corrected chi connectivity index (χ4v) is 2.01. The smallest absolute Gasteiger partial charge is 0.348 e. The third kappa shape index (κ3) is 3.67. The van der Waals surface area contributed by atoms with Crippen LogP contribution in [0.25, 0.3) is 0 Å². The first-order chi connectivity index (χ1) is 9.56. The highest BCUT2D eigenvalue weighted by atomic mass is 32.1. The third-order valence-corrected chi connectivity index (χ3v) is 3.29. The quantitative estimate of drug-likeness (QED) is 0.857. The molecule has 7 heteroatoms. The van der Waals surface area contributed by atoms with E-state index in [-0.39, 0.29) is 18.4 Å². The van der Waals surface area contributed by atoms with Crippen molar-refractivity contribution in [1.29, 1.82) is 0 Å². The predicted molar refractivity (Wildman–Crippen MR) is 73.8 cm³/mol. The zero-order valence-electron chi connectivity index (χ0n) is 11.1. The van der Waals surface area contributed by atoms with Crippen molar-refractivity contribution in [3.63, 3.8) is 0 Å². The lowest BCUT2D eigenvalue weighted by molar-refractivity contribution is -0.119. The minimum Gasteiger partial charge on any atom is -0.451 e. The molecule has 0 saturated carbocycles. The number of aromatic nitrogens is 1. The van der Waals surface area contributed by atoms with Gasteiger partial charge >= 0.3 is 5.97 Å². The maximum atomic E-state index is 11.6. The summed E-state index contributed by atoms with van der Waals surface area (Å²) in [6.07, 6.45) is 0. The number of rotatable bonds is 5. The molecule has 0 bridgehead atoms. The molecule has 20 heavy (non-hydrogen) atoms. The van der Waals surface area contributed by atoms with Crippen molar-refractivity contribution in [1.82, 2.24) is 5.16 Å². The zero-order valence-corrected chi connectivity index (χ0v) is 11.9. The van der Waals surface area contributed by atoms with Crippen LogP contribution in [-0.2, 0) is 9.53 Å². The maximum Gasteiger partial charge on any atom is 0.348 e. The first-order valence-electron chi connectivity index (χ1n) is 6.03. The summed E-state index contributed by atoms with van der Waals surface area (Å²) in [5.74, 6) is -0.538. The molecule has 0 unspecified atom stereocenters. The Hall–Kier alpha value is -2.15. The van der Waals surface area contributed by atoms with Gasteiger partial charge in [-0.25, -0.2) is 4.79 Å². The Labute approximate surface area is 119 Å². The van der Waals surface area contributed by atoms with E-state index < -0.39 is 11.9 Å². The first kappa shape index (κ1) is 14.3. The molecule has 0 radical (unpaired) electrons. The van der Waals surface area contributed by atoms with Gasteiger partial charge in [-0.2, -0.15) is 0 Å². The number of nitrogens with one attached hydrogen (secondary N) is 1. The second kappa shape index (κ2) is 6.33. The van der Waals surface area contributed by atoms with Gasteiger partial charge in [0.25, 0.3) is 5.91 Å². The summed E-state index contributed by atoms with van der Waals surface area (Å²) >= 11 is 1.26. The molecule has 2 aromatic heterocycles. The number of esters is 1. The second-order valence-corrected chi connectivity index (χ2v) is 5.32. The Kier molecular flexibility index (Phi) is 4.52. The van der Waals surface area contributed by atoms with Gasteiger partial charge in [-0.15, -0.1) is 11.3 Å². The van der Waals surface area contributed by atoms with Crippen LogP contribution >= 0.6 is 11.3 Å². The van der Waals surface area contributed by atoms with E-state index in [0.717, 1.165) is 5.69 Å². The lowest BCUT2D eigenvalue weighted by Crippen LogP contribution is -2.20. The number of amides is 1. The Balaban J connectivity index is 1.82. The topological polar surface area (TPSA) is 81.4 Å². The van der Waals surface area contributed by atoms with E-state index in [1.54, 1.807) is 23.6 Å². The Bertz CT molecular complexity index is 589. The van der Waals surface area contributed by atoms with E-state index in [2.05, 4.69) is 10.5 Å². The number of hydrogen-bond donors (Lipinski definition) is 1. The lowest BCUT2D eigenvalue weighted by Gasteiger charge is -2.02. The fraction of sp³-hybridized carbons (Fsp3) is 0.308. The molecule has 0 aromatic carbocycles. The summed E-state index contributed by atoms with van der Waals surface area (Å²) in [7, 11) is 0. The fourth-order valence-electron chi connectivity index (χ4n) is 1.39. The van der Waals surface area contributed by atoms with Gasteiger partial charge in [-0.1, -0.05) is 25.1 Å². The van der Waals surface area contributed by atoms with Crippen LogP contribution in [0.15, 0.2) is 28.1 Å². The number of hydrogen-bond acceptors (Lipinski definition) is 6. The first-order valence-corrected chi connectivity index (χ1v) is 6.91. The summed E-state index contributed by atoms with van der Waals surface area (Å²) < 4.78 is 9.83. The van der Waals surface area contributed by atoms with Crippen LogP contribution in [0, 0.1) is 0 Å². The normalized spacial score (nSPS) is 10.6. The van der Waals surface area contributed by atoms with E-state index in [1.165, 1.54) is 11.3 Å². The molecule has 2 aromatic rings. The van der Waals surface area contributed by atoms with Gasteiger partial charge in [0.05, 0.1) is 5.69 Å². The van der Waals surface area contributed by atoms with Crippen molar-refractivity contribution >= 4 is 29.1 Å². The van der Waals surface area contributed by atoms with Gasteiger partial charge in [0.15, 0.2) is 6.61 Å². The van der Waals surface area contributed by atoms with Crippen molar-refractivity contribution in [3.8, 4) is 0 Å². The Morgan fingerprint density at radius 2 is 2.30 bits per heavy atom. The van der Waals surface area contributed by atoms with Crippen LogP contribution in [0.5, 0.6) is 0 Å². The predicted octanol–water partition coefficient (Wildman–Crippen LogP) is 2.66. The van der Waals surface area contributed by atoms with E-state index in [9.17, 15) is 9.59 Å². The highest BCUT2D eigenvalue weighted by Crippen LogP contribution is 2.17. The molecule has 0 saturated heterocycles. The summed E-state index contributed by atoms with van der Waals surface area (Å²) in [6, 6.07) is 5.02. The second-order valence-electron chi connectivity index (χ2n) is 4.37. The Morgan fingerprint density at radius 1 is 1.50 bits per heavy atom. The van der Waals surface area contributed by atoms with E-state index in [1.807, 2.05) is 13.8 Å². The van der Waals surface area contributed by atoms with Crippen LogP contribution < -0.4 is 5.32 Å². The maximum absolute atomic E-state index is 11.6. The van der Waals surface area contributed by atoms with Crippen LogP contribution in [-0.4, -0.2) is 23.6 Å². The van der Waals surface area contributed by atoms with Gasteiger partial charge in [0.1, 0.15) is 4.88 Å². The summed E-state index contributed by atoms with van der Waals surface area (Å²) in [5, 5.41) is 8.05. The molecule has 1 N–H and O–H groups in total. The van der Waals surface area contributed by atoms with E-state index >= 15 is 0 Å². The number of thiophene rings is 1. The average Bonchev–Trinajstić information content (AvgIpc) is 3.06. The molecule has 0 aliphatic rings. The number of carbonyl (C=O) groups excluding carboxylic acids is 2. The van der Waals surface area contributed by atoms with Gasteiger partial charge in [-0.05, 0) is 17.4 Å². The molecule has 0 atom stereocenters. The number of carbonyl (C=O) groups is 2. The molecular formula is C13H14N2O4S. The van der Waals surface area contributed by atoms with E-state index in [0.29, 0.717) is 4.88 Å². The van der Waals surface area contributed by atoms with Crippen LogP contribution in [0.2, 0.25) is 0 Å². The highest BCUT2D eigenvalue weighted by Gasteiger charge is 2.13. The number of nitrogens with zero attached hydrogens (tertiary/aromatic N) is 1. The molecule has 6 nitrogen and oxygen atoms in total. The standard InChI is InChI=1S/C13H14N2O4S/c1-8(2)9-6-12(19-15-9)14-11(16)7-18-13(17)10-4-3-5-20-10/h3-6,8H,7H2,1-2H3,(H,14,16). The van der Waals surface area contributed by atoms with Crippen molar-refractivity contribution in [2.45, 2.75) is 19.8 Å². The summed E-state index contributed by atoms with van der Waals surface area (Å²) in [6.45, 7) is 3.56. The minimum absolute atomic E-state index is 0.209. The molecular weight excluding hydrogens is 280 g/mol. The molecule has 0 aliphatic carbocycles. The minimum atomic E-state index is -0.518. The molecule has 106 valence electrons. The van der Waals surface area contributed by atoms with Crippen molar-refractivity contribution in [3.05, 3.63) is 34.2 Å². The average molecular weight is 294 g/mol. The molecule has 0 aliphatic heterocycles. The van der Waals surface area contributed by atoms with Crippen molar-refractivity contribution in [2.24, 2.45) is 0 Å². The van der Waals surface area contributed by atoms with Crippen LogP contribution in [0.1, 0.15) is 35.1 Å². The molecule has 2 heterocycles. The molecule has 2 rings (SSSR count). The molecule has 1 amide bonds. The van der Waals surface area contributed by atoms with Crippen LogP contribution in [0.4, 0.5) is 5.88 Å². The van der Waals surface area contributed by atoms with Gasteiger partial charge < -0.3 is 9.26 Å². The summed E-state index contributed by atoms with van der Waals surface area (Å²) in [5.41, 5.74) is 0.746. The lowest BCUT2D eigenvalue weighted by atomic mass is 10.1. The van der Waals surface area contributed by atoms with Crippen LogP contribution in [0.3, 0.4) is 0 Å². The molecule has 0 fully saturated rings. The van der Waals surface area contributed by atoms with E-state index in [4.69, 9.17) is 9.26 Å². The monoisotopic (exact) mass is 294 g/mol. The van der Waals surface area contributed by atoms with Crippen molar-refractivity contribution in [2.75, 3.05) is 11.9 Å². The number of anilines is 1. The largest absolute Gasteiger partial charge is 0.451 e. The highest BCUT2D eigenvalue weighted by molar-refractivity contribution is 7.11. The SMILES string of the molecule is CC(C)c1cc(NC(=O)COC(=O)c2cccs2)on1. The van der Waals surface area contributed by atoms with Gasteiger partial charge in [0, 0.05) is 6.07 Å². The zero-order chi connectivity index (χ0) is 14.5. The third-order valence-electron chi connectivity index (χ3n) is 2.44. The van der Waals surface area contributed by atoms with Gasteiger partial charge in [0.2, 0.25) is 5.88 Å². The summed E-state index contributed by atoms with van der Waals surface area (Å²) in [4.78, 5) is 23.6. The number of ether oxygens (including phenoxy) is 1.